The summed E-state index contributed by atoms with van der Waals surface area (Å²) in [5.41, 5.74) is 1.72. The molecule has 23 heavy (non-hydrogen) atoms. The molecule has 3 aliphatic rings. The van der Waals surface area contributed by atoms with Crippen molar-refractivity contribution >= 4 is 0 Å². The lowest BCUT2D eigenvalue weighted by atomic mass is 9.68. The minimum Gasteiger partial charge on any atom is -0.493 e. The summed E-state index contributed by atoms with van der Waals surface area (Å²) in [5.74, 6) is 1.44. The van der Waals surface area contributed by atoms with Gasteiger partial charge in [-0.25, -0.2) is 0 Å². The third-order valence-corrected chi connectivity index (χ3v) is 5.52. The van der Waals surface area contributed by atoms with Gasteiger partial charge in [0.1, 0.15) is 6.10 Å². The molecular weight excluding hydrogens is 294 g/mol. The van der Waals surface area contributed by atoms with Gasteiger partial charge in [-0.05, 0) is 25.1 Å². The Morgan fingerprint density at radius 2 is 2.17 bits per heavy atom. The molecule has 0 radical (unpaired) electrons. The van der Waals surface area contributed by atoms with E-state index in [2.05, 4.69) is 11.0 Å². The molecule has 2 N–H and O–H groups in total. The molecule has 1 aliphatic carbocycles. The fourth-order valence-electron chi connectivity index (χ4n) is 4.47. The molecule has 2 heterocycles. The van der Waals surface area contributed by atoms with Gasteiger partial charge in [0.25, 0.3) is 0 Å². The Bertz CT molecular complexity index is 659. The molecular formula is C18H23NO4. The number of aliphatic hydroxyl groups is 2. The summed E-state index contributed by atoms with van der Waals surface area (Å²) in [4.78, 5) is 2.14. The van der Waals surface area contributed by atoms with Crippen molar-refractivity contribution in [3.63, 3.8) is 0 Å². The molecule has 0 aromatic heterocycles. The van der Waals surface area contributed by atoms with Crippen LogP contribution in [0.2, 0.25) is 0 Å². The quantitative estimate of drug-likeness (QED) is 0.763. The smallest absolute Gasteiger partial charge is 0.165 e. The summed E-state index contributed by atoms with van der Waals surface area (Å²) in [6, 6.07) is 4.01. The number of likely N-dealkylation sites (N-methyl/N-ethyl adjacent to an activating group) is 1. The zero-order chi connectivity index (χ0) is 16.2. The maximum absolute atomic E-state index is 11.1. The summed E-state index contributed by atoms with van der Waals surface area (Å²) in [6.45, 7) is 1.35. The van der Waals surface area contributed by atoms with Crippen LogP contribution in [-0.4, -0.2) is 54.1 Å². The van der Waals surface area contributed by atoms with Crippen LogP contribution in [0.1, 0.15) is 24.0 Å². The van der Waals surface area contributed by atoms with Gasteiger partial charge in [-0.2, -0.15) is 0 Å². The summed E-state index contributed by atoms with van der Waals surface area (Å²) in [5, 5.41) is 21.2. The highest BCUT2D eigenvalue weighted by Gasteiger charge is 2.57. The number of allylic oxidation sites excluding steroid dienone is 1. The van der Waals surface area contributed by atoms with Crippen molar-refractivity contribution in [1.29, 1.82) is 0 Å². The van der Waals surface area contributed by atoms with Crippen molar-refractivity contribution in [3.05, 3.63) is 35.4 Å². The summed E-state index contributed by atoms with van der Waals surface area (Å²) >= 11 is 0. The molecule has 3 unspecified atom stereocenters. The van der Waals surface area contributed by atoms with Gasteiger partial charge in [0.2, 0.25) is 0 Å². The second-order valence-electron chi connectivity index (χ2n) is 6.93. The van der Waals surface area contributed by atoms with E-state index in [9.17, 15) is 10.2 Å². The second-order valence-corrected chi connectivity index (χ2v) is 6.93. The maximum atomic E-state index is 11.1. The number of hydrogen-bond donors (Lipinski definition) is 2. The van der Waals surface area contributed by atoms with Crippen LogP contribution in [0, 0.1) is 0 Å². The van der Waals surface area contributed by atoms with Gasteiger partial charge in [0.15, 0.2) is 11.5 Å². The SMILES string of the molecule is COc1ccc2c3c1OC1CC(O)C=CCC31[C@H](O)CN(C)C2. The molecule has 4 rings (SSSR count). The maximum Gasteiger partial charge on any atom is 0.165 e. The minimum atomic E-state index is -0.554. The highest BCUT2D eigenvalue weighted by molar-refractivity contribution is 5.59. The zero-order valence-electron chi connectivity index (χ0n) is 13.5. The Kier molecular flexibility index (Phi) is 3.41. The molecule has 124 valence electrons. The predicted molar refractivity (Wildman–Crippen MR) is 85.8 cm³/mol. The summed E-state index contributed by atoms with van der Waals surface area (Å²) in [6.07, 6.45) is 3.60. The van der Waals surface area contributed by atoms with Crippen molar-refractivity contribution in [2.45, 2.75) is 43.1 Å². The van der Waals surface area contributed by atoms with Gasteiger partial charge in [0.05, 0.1) is 24.7 Å². The molecule has 0 fully saturated rings. The number of β-amino-alcohol motifs (C(OH)–C–C–N with tert-alkyl or cyclic N) is 1. The van der Waals surface area contributed by atoms with Gasteiger partial charge < -0.3 is 19.7 Å². The van der Waals surface area contributed by atoms with E-state index in [1.165, 1.54) is 5.56 Å². The fraction of sp³-hybridized carbons (Fsp3) is 0.556. The van der Waals surface area contributed by atoms with Gasteiger partial charge in [-0.1, -0.05) is 18.2 Å². The Hall–Kier alpha value is -1.56. The summed E-state index contributed by atoms with van der Waals surface area (Å²) in [7, 11) is 3.66. The lowest BCUT2D eigenvalue weighted by Crippen LogP contribution is -2.50. The topological polar surface area (TPSA) is 62.2 Å². The van der Waals surface area contributed by atoms with Gasteiger partial charge in [-0.3, -0.25) is 4.90 Å². The fourth-order valence-corrected chi connectivity index (χ4v) is 4.47. The Labute approximate surface area is 136 Å². The van der Waals surface area contributed by atoms with Crippen molar-refractivity contribution < 1.29 is 19.7 Å². The highest BCUT2D eigenvalue weighted by Crippen LogP contribution is 2.56. The normalized spacial score (nSPS) is 35.7. The van der Waals surface area contributed by atoms with Crippen LogP contribution in [0.5, 0.6) is 11.5 Å². The van der Waals surface area contributed by atoms with E-state index in [0.717, 1.165) is 17.9 Å². The van der Waals surface area contributed by atoms with Crippen LogP contribution < -0.4 is 9.47 Å². The number of hydrogen-bond acceptors (Lipinski definition) is 5. The van der Waals surface area contributed by atoms with E-state index >= 15 is 0 Å². The first kappa shape index (κ1) is 15.0. The lowest BCUT2D eigenvalue weighted by Gasteiger charge is -2.37. The van der Waals surface area contributed by atoms with E-state index in [4.69, 9.17) is 9.47 Å². The minimum absolute atomic E-state index is 0.251. The first-order valence-corrected chi connectivity index (χ1v) is 8.14. The van der Waals surface area contributed by atoms with Crippen LogP contribution in [0.4, 0.5) is 0 Å². The number of nitrogens with zero attached hydrogens (tertiary/aromatic N) is 1. The predicted octanol–water partition coefficient (Wildman–Crippen LogP) is 1.21. The first-order chi connectivity index (χ1) is 11.1. The van der Waals surface area contributed by atoms with E-state index in [1.54, 1.807) is 7.11 Å². The summed E-state index contributed by atoms with van der Waals surface area (Å²) < 4.78 is 11.7. The standard InChI is InChI=1S/C18H23NO4/c1-19-9-11-5-6-13(22-2)17-16(11)18(14(21)10-19)7-3-4-12(20)8-15(18)23-17/h3-6,12,14-15,20-21H,7-10H2,1-2H3/t12?,14-,15?,18?/m1/s1. The number of benzene rings is 1. The number of ether oxygens (including phenoxy) is 2. The number of rotatable bonds is 1. The van der Waals surface area contributed by atoms with E-state index in [-0.39, 0.29) is 6.10 Å². The van der Waals surface area contributed by atoms with E-state index in [0.29, 0.717) is 25.1 Å². The van der Waals surface area contributed by atoms with Crippen molar-refractivity contribution in [2.24, 2.45) is 0 Å². The van der Waals surface area contributed by atoms with Gasteiger partial charge >= 0.3 is 0 Å². The molecule has 0 bridgehead atoms. The number of methoxy groups -OCH3 is 1. The largest absolute Gasteiger partial charge is 0.493 e. The molecule has 1 aromatic carbocycles. The molecule has 2 aliphatic heterocycles. The average molecular weight is 317 g/mol. The van der Waals surface area contributed by atoms with Crippen LogP contribution >= 0.6 is 0 Å². The van der Waals surface area contributed by atoms with Gasteiger partial charge in [0, 0.05) is 25.1 Å². The molecule has 5 heteroatoms. The first-order valence-electron chi connectivity index (χ1n) is 8.14. The van der Waals surface area contributed by atoms with Crippen molar-refractivity contribution in [1.82, 2.24) is 4.90 Å². The molecule has 5 nitrogen and oxygen atoms in total. The molecule has 0 amide bonds. The lowest BCUT2D eigenvalue weighted by molar-refractivity contribution is -0.00399. The molecule has 1 spiro atoms. The molecule has 4 atom stereocenters. The average Bonchev–Trinajstić information content (AvgIpc) is 2.66. The third kappa shape index (κ3) is 2.04. The highest BCUT2D eigenvalue weighted by atomic mass is 16.5. The van der Waals surface area contributed by atoms with E-state index in [1.807, 2.05) is 25.3 Å². The van der Waals surface area contributed by atoms with Crippen LogP contribution in [0.25, 0.3) is 0 Å². The van der Waals surface area contributed by atoms with Crippen molar-refractivity contribution in [2.75, 3.05) is 20.7 Å². The molecule has 1 aromatic rings. The molecule has 0 saturated heterocycles. The van der Waals surface area contributed by atoms with Crippen molar-refractivity contribution in [3.8, 4) is 11.5 Å². The van der Waals surface area contributed by atoms with E-state index < -0.39 is 17.6 Å². The Balaban J connectivity index is 1.97. The second kappa shape index (κ2) is 5.23. The molecule has 0 saturated carbocycles. The van der Waals surface area contributed by atoms with Crippen LogP contribution in [-0.2, 0) is 12.0 Å². The zero-order valence-corrected chi connectivity index (χ0v) is 13.5. The van der Waals surface area contributed by atoms with Gasteiger partial charge in [-0.15, -0.1) is 0 Å². The third-order valence-electron chi connectivity index (χ3n) is 5.52. The Morgan fingerprint density at radius 3 is 2.96 bits per heavy atom. The van der Waals surface area contributed by atoms with Crippen LogP contribution in [0.3, 0.4) is 0 Å². The Morgan fingerprint density at radius 1 is 1.35 bits per heavy atom. The van der Waals surface area contributed by atoms with Crippen LogP contribution in [0.15, 0.2) is 24.3 Å². The number of aliphatic hydroxyl groups excluding tert-OH is 2. The monoisotopic (exact) mass is 317 g/mol.